The normalized spacial score (nSPS) is 17.7. The fourth-order valence-corrected chi connectivity index (χ4v) is 0.849. The van der Waals surface area contributed by atoms with E-state index in [0.717, 1.165) is 0 Å². The topological polar surface area (TPSA) is 70.5 Å². The number of alkyl halides is 7. The molecule has 0 bridgehead atoms. The Morgan fingerprint density at radius 3 is 1.44 bits per heavy atom. The van der Waals surface area contributed by atoms with Crippen LogP contribution in [0.1, 0.15) is 0 Å². The van der Waals surface area contributed by atoms with Gasteiger partial charge in [0, 0.05) is 0 Å². The summed E-state index contributed by atoms with van der Waals surface area (Å²) in [5, 5.41) is 0. The molecule has 0 aliphatic heterocycles. The van der Waals surface area contributed by atoms with Crippen molar-refractivity contribution >= 4 is 9.24 Å². The first-order valence-corrected chi connectivity index (χ1v) is 4.78. The molecule has 2 atom stereocenters. The lowest BCUT2D eigenvalue weighted by Gasteiger charge is -2.33. The Balaban J connectivity index is 4.97. The van der Waals surface area contributed by atoms with Crippen LogP contribution in [0.25, 0.3) is 0 Å². The Morgan fingerprint density at radius 1 is 0.778 bits per heavy atom. The van der Waals surface area contributed by atoms with Gasteiger partial charge in [0.25, 0.3) is 0 Å². The second kappa shape index (κ2) is 5.41. The van der Waals surface area contributed by atoms with Crippen LogP contribution in [0, 0.1) is 0 Å². The maximum Gasteiger partial charge on any atom is 0.422 e. The molecule has 0 aromatic heterocycles. The third-order valence-electron chi connectivity index (χ3n) is 1.45. The summed E-state index contributed by atoms with van der Waals surface area (Å²) in [6, 6.07) is 0. The van der Waals surface area contributed by atoms with Crippen LogP contribution in [-0.4, -0.2) is 37.0 Å². The minimum absolute atomic E-state index is 0.503. The predicted molar refractivity (Wildman–Crippen MR) is 48.7 cm³/mol. The highest BCUT2D eigenvalue weighted by Crippen LogP contribution is 2.45. The summed E-state index contributed by atoms with van der Waals surface area (Å²) in [6.45, 7) is -3.35. The maximum absolute atomic E-state index is 13.2. The van der Waals surface area contributed by atoms with Crippen molar-refractivity contribution in [3.8, 4) is 0 Å². The fraction of sp³-hybridized carbons (Fsp3) is 1.00. The van der Waals surface area contributed by atoms with Crippen molar-refractivity contribution in [1.82, 2.24) is 0 Å². The highest BCUT2D eigenvalue weighted by molar-refractivity contribution is 7.18. The molecular weight excluding hydrogens is 296 g/mol. The van der Waals surface area contributed by atoms with Crippen LogP contribution in [-0.2, 0) is 9.47 Å². The molecule has 4 N–H and O–H groups in total. The summed E-state index contributed by atoms with van der Waals surface area (Å²) in [7, 11) is 0.503. The largest absolute Gasteiger partial charge is 0.422 e. The first-order valence-electron chi connectivity index (χ1n) is 4.20. The van der Waals surface area contributed by atoms with Gasteiger partial charge in [-0.25, -0.2) is 4.74 Å². The Hall–Kier alpha value is -0.220. The van der Waals surface area contributed by atoms with Gasteiger partial charge < -0.3 is 11.5 Å². The van der Waals surface area contributed by atoms with E-state index in [1.807, 2.05) is 0 Å². The highest BCUT2D eigenvalue weighted by Gasteiger charge is 2.62. The number of nitrogens with two attached hydrogens (primary N) is 2. The van der Waals surface area contributed by atoms with Gasteiger partial charge in [-0.15, -0.1) is 0 Å². The van der Waals surface area contributed by atoms with Gasteiger partial charge in [0.2, 0.25) is 0 Å². The average Bonchev–Trinajstić information content (AvgIpc) is 2.14. The van der Waals surface area contributed by atoms with Gasteiger partial charge in [-0.3, -0.25) is 4.74 Å². The molecule has 2 unspecified atom stereocenters. The molecule has 0 saturated carbocycles. The van der Waals surface area contributed by atoms with Crippen molar-refractivity contribution in [2.75, 3.05) is 13.1 Å². The zero-order valence-corrected chi connectivity index (χ0v) is 9.76. The number of hydrogen-bond donors (Lipinski definition) is 2. The molecule has 0 amide bonds. The van der Waals surface area contributed by atoms with E-state index in [4.69, 9.17) is 0 Å². The molecule has 18 heavy (non-hydrogen) atoms. The predicted octanol–water partition coefficient (Wildman–Crippen LogP) is 1.21. The molecule has 0 aliphatic rings. The molecule has 0 rings (SSSR count). The zero-order valence-electron chi connectivity index (χ0n) is 8.61. The Morgan fingerprint density at radius 2 is 1.11 bits per heavy atom. The minimum atomic E-state index is -5.40. The summed E-state index contributed by atoms with van der Waals surface area (Å²) < 4.78 is 94.6. The molecule has 0 aliphatic carbocycles. The fourth-order valence-electron chi connectivity index (χ4n) is 0.617. The second-order valence-corrected chi connectivity index (χ2v) is 3.79. The Kier molecular flexibility index (Phi) is 5.35. The number of rotatable bonds is 7. The molecule has 0 heterocycles. The van der Waals surface area contributed by atoms with Gasteiger partial charge >= 0.3 is 23.9 Å². The minimum Gasteiger partial charge on any atom is -0.323 e. The van der Waals surface area contributed by atoms with Crippen LogP contribution in [0.2, 0.25) is 0 Å². The summed E-state index contributed by atoms with van der Waals surface area (Å²) in [6.07, 6.45) is -14.5. The summed E-state index contributed by atoms with van der Waals surface area (Å²) in [5.41, 5.74) is 4.15. The second-order valence-electron chi connectivity index (χ2n) is 3.05. The summed E-state index contributed by atoms with van der Waals surface area (Å²) >= 11 is 0. The Labute approximate surface area is 99.0 Å². The SMILES string of the molecule is NCC(F)(F)OC(F)(F)C(F)(P)OC(F)(F)CN. The van der Waals surface area contributed by atoms with Crippen LogP contribution in [0.5, 0.6) is 0 Å². The van der Waals surface area contributed by atoms with Crippen molar-refractivity contribution < 1.29 is 40.2 Å². The molecule has 12 heteroatoms. The number of hydrogen-bond acceptors (Lipinski definition) is 4. The van der Waals surface area contributed by atoms with E-state index in [1.165, 1.54) is 0 Å². The molecule has 4 nitrogen and oxygen atoms in total. The zero-order chi connectivity index (χ0) is 14.8. The monoisotopic (exact) mass is 306 g/mol. The van der Waals surface area contributed by atoms with Crippen molar-refractivity contribution in [2.24, 2.45) is 11.5 Å². The third kappa shape index (κ3) is 4.81. The molecule has 0 spiro atoms. The van der Waals surface area contributed by atoms with Crippen molar-refractivity contribution in [2.45, 2.75) is 23.9 Å². The van der Waals surface area contributed by atoms with Crippen molar-refractivity contribution in [3.63, 3.8) is 0 Å². The van der Waals surface area contributed by atoms with Gasteiger partial charge in [-0.1, -0.05) is 9.24 Å². The standard InChI is InChI=1S/C6H10F7N2O2P/c7-3(8,1-14)16-5(11,12)6(13,18)17-4(9,10)2-15/h1-2,14-15,18H2. The number of ether oxygens (including phenoxy) is 2. The number of halogens is 7. The van der Waals surface area contributed by atoms with Gasteiger partial charge in [-0.05, 0) is 0 Å². The van der Waals surface area contributed by atoms with E-state index in [0.29, 0.717) is 9.24 Å². The van der Waals surface area contributed by atoms with E-state index in [-0.39, 0.29) is 0 Å². The molecule has 110 valence electrons. The van der Waals surface area contributed by atoms with E-state index < -0.39 is 37.0 Å². The van der Waals surface area contributed by atoms with Crippen LogP contribution in [0.15, 0.2) is 0 Å². The van der Waals surface area contributed by atoms with Crippen LogP contribution in [0.4, 0.5) is 30.7 Å². The van der Waals surface area contributed by atoms with E-state index in [2.05, 4.69) is 20.9 Å². The lowest BCUT2D eigenvalue weighted by atomic mass is 10.5. The van der Waals surface area contributed by atoms with Crippen molar-refractivity contribution in [1.29, 1.82) is 0 Å². The molecule has 0 aromatic carbocycles. The lowest BCUT2D eigenvalue weighted by Crippen LogP contribution is -2.53. The van der Waals surface area contributed by atoms with Crippen molar-refractivity contribution in [3.05, 3.63) is 0 Å². The van der Waals surface area contributed by atoms with Gasteiger partial charge in [0.1, 0.15) is 0 Å². The first-order chi connectivity index (χ1) is 7.79. The summed E-state index contributed by atoms with van der Waals surface area (Å²) in [5.74, 6) is 0. The highest BCUT2D eigenvalue weighted by atomic mass is 31.0. The first kappa shape index (κ1) is 17.8. The van der Waals surface area contributed by atoms with Gasteiger partial charge in [0.15, 0.2) is 0 Å². The van der Waals surface area contributed by atoms with E-state index in [9.17, 15) is 30.7 Å². The Bertz CT molecular complexity index is 261. The van der Waals surface area contributed by atoms with Crippen LogP contribution < -0.4 is 11.5 Å². The van der Waals surface area contributed by atoms with E-state index in [1.54, 1.807) is 0 Å². The molecule has 0 saturated heterocycles. The third-order valence-corrected chi connectivity index (χ3v) is 1.90. The molecule has 0 aromatic rings. The maximum atomic E-state index is 13.2. The molecule has 0 radical (unpaired) electrons. The molecule has 0 fully saturated rings. The smallest absolute Gasteiger partial charge is 0.323 e. The van der Waals surface area contributed by atoms with Gasteiger partial charge in [0.05, 0.1) is 13.1 Å². The van der Waals surface area contributed by atoms with Crippen LogP contribution in [0.3, 0.4) is 0 Å². The average molecular weight is 306 g/mol. The lowest BCUT2D eigenvalue weighted by molar-refractivity contribution is -0.451. The summed E-state index contributed by atoms with van der Waals surface area (Å²) in [4.78, 5) is 0. The quantitative estimate of drug-likeness (QED) is 0.548. The van der Waals surface area contributed by atoms with E-state index >= 15 is 0 Å². The van der Waals surface area contributed by atoms with Gasteiger partial charge in [-0.2, -0.15) is 30.7 Å². The van der Waals surface area contributed by atoms with Crippen LogP contribution >= 0.6 is 9.24 Å². The molecular formula is C6H10F7N2O2P.